The van der Waals surface area contributed by atoms with Crippen molar-refractivity contribution >= 4 is 74.0 Å². The Labute approximate surface area is 242 Å². The molecule has 0 unspecified atom stereocenters. The van der Waals surface area contributed by atoms with Crippen LogP contribution in [-0.4, -0.2) is 57.0 Å². The van der Waals surface area contributed by atoms with Gasteiger partial charge in [0.1, 0.15) is 21.2 Å². The van der Waals surface area contributed by atoms with Crippen LogP contribution in [0.4, 0.5) is 22.7 Å². The summed E-state index contributed by atoms with van der Waals surface area (Å²) in [7, 11) is -19.4. The van der Waals surface area contributed by atoms with E-state index in [4.69, 9.17) is 4.55 Å². The molecule has 0 aliphatic heterocycles. The highest BCUT2D eigenvalue weighted by Gasteiger charge is 2.24. The van der Waals surface area contributed by atoms with E-state index in [1.165, 1.54) is 12.1 Å². The van der Waals surface area contributed by atoms with Gasteiger partial charge in [-0.1, -0.05) is 0 Å². The van der Waals surface area contributed by atoms with Gasteiger partial charge in [0.05, 0.1) is 21.2 Å². The zero-order valence-electron chi connectivity index (χ0n) is 20.8. The summed E-state index contributed by atoms with van der Waals surface area (Å²) in [5.74, 6) is -0.922. The largest absolute Gasteiger partial charge is 0.505 e. The average molecular weight is 673 g/mol. The van der Waals surface area contributed by atoms with Crippen LogP contribution in [0.25, 0.3) is 10.8 Å². The number of fused-ring (bicyclic) bond motifs is 1. The van der Waals surface area contributed by atoms with Gasteiger partial charge in [0, 0.05) is 5.39 Å². The van der Waals surface area contributed by atoms with Crippen LogP contribution in [0.3, 0.4) is 0 Å². The van der Waals surface area contributed by atoms with Gasteiger partial charge in [0.15, 0.2) is 5.75 Å². The highest BCUT2D eigenvalue weighted by atomic mass is 32.2. The SMILES string of the molecule is O=S(=O)(O)c1ccc(/N=N/c2ccc(/N=N/c3c(S(=O)(=O)O)cc4cc(S(=O)(=O)O)ccc4c3O)c(S(=O)(=O)O)c2)cc1. The summed E-state index contributed by atoms with van der Waals surface area (Å²) in [6, 6.07) is 10.8. The lowest BCUT2D eigenvalue weighted by atomic mass is 10.1. The van der Waals surface area contributed by atoms with Gasteiger partial charge in [-0.05, 0) is 72.1 Å². The number of aromatic hydroxyl groups is 1. The van der Waals surface area contributed by atoms with E-state index in [9.17, 15) is 52.4 Å². The standard InChI is InChI=1S/C22H16N4O13S4/c27-22-17-7-6-16(41(31,32)33)9-12(17)10-20(43(37,38)39)21(22)26-25-18-8-3-14(11-19(18)42(34,35)36)24-23-13-1-4-15(5-2-13)40(28,29)30/h1-11,27H,(H,28,29,30)(H,31,32,33)(H,34,35,36)(H,37,38,39)/b24-23+,26-25+. The fraction of sp³-hybridized carbons (Fsp3) is 0. The van der Waals surface area contributed by atoms with Gasteiger partial charge in [0.25, 0.3) is 40.5 Å². The van der Waals surface area contributed by atoms with Crippen LogP contribution >= 0.6 is 0 Å². The minimum Gasteiger partial charge on any atom is -0.505 e. The van der Waals surface area contributed by atoms with Gasteiger partial charge in [-0.3, -0.25) is 18.2 Å². The molecule has 0 saturated carbocycles. The maximum Gasteiger partial charge on any atom is 0.296 e. The first kappa shape index (κ1) is 31.7. The Morgan fingerprint density at radius 2 is 1.02 bits per heavy atom. The number of hydrogen-bond donors (Lipinski definition) is 5. The van der Waals surface area contributed by atoms with Gasteiger partial charge < -0.3 is 5.11 Å². The average Bonchev–Trinajstić information content (AvgIpc) is 2.89. The number of rotatable bonds is 8. The molecule has 21 heteroatoms. The first-order valence-electron chi connectivity index (χ1n) is 11.0. The van der Waals surface area contributed by atoms with Gasteiger partial charge in [-0.25, -0.2) is 0 Å². The van der Waals surface area contributed by atoms with Gasteiger partial charge in [-0.2, -0.15) is 43.9 Å². The van der Waals surface area contributed by atoms with Gasteiger partial charge >= 0.3 is 0 Å². The number of azo groups is 2. The van der Waals surface area contributed by atoms with E-state index < -0.39 is 77.2 Å². The highest BCUT2D eigenvalue weighted by molar-refractivity contribution is 7.86. The summed E-state index contributed by atoms with van der Waals surface area (Å²) in [6.45, 7) is 0. The normalized spacial score (nSPS) is 13.3. The van der Waals surface area contributed by atoms with Crippen molar-refractivity contribution in [1.29, 1.82) is 0 Å². The summed E-state index contributed by atoms with van der Waals surface area (Å²) in [6.07, 6.45) is 0. The van der Waals surface area contributed by atoms with Crippen molar-refractivity contribution in [2.75, 3.05) is 0 Å². The molecule has 0 fully saturated rings. The third-order valence-electron chi connectivity index (χ3n) is 5.49. The molecule has 0 bridgehead atoms. The number of benzene rings is 4. The molecule has 43 heavy (non-hydrogen) atoms. The van der Waals surface area contributed by atoms with Crippen molar-refractivity contribution in [2.24, 2.45) is 20.5 Å². The molecule has 0 aromatic heterocycles. The maximum absolute atomic E-state index is 12.1. The molecular weight excluding hydrogens is 657 g/mol. The Kier molecular flexibility index (Phi) is 8.20. The van der Waals surface area contributed by atoms with E-state index in [0.29, 0.717) is 0 Å². The second-order valence-electron chi connectivity index (χ2n) is 8.40. The fourth-order valence-corrected chi connectivity index (χ4v) is 5.84. The molecule has 0 atom stereocenters. The van der Waals surface area contributed by atoms with Crippen LogP contribution in [-0.2, 0) is 40.5 Å². The Morgan fingerprint density at radius 3 is 1.58 bits per heavy atom. The Balaban J connectivity index is 1.79. The van der Waals surface area contributed by atoms with Crippen molar-refractivity contribution in [3.63, 3.8) is 0 Å². The number of hydrogen-bond acceptors (Lipinski definition) is 13. The molecule has 0 saturated heterocycles. The number of phenolic OH excluding ortho intramolecular Hbond substituents is 1. The first-order valence-corrected chi connectivity index (χ1v) is 16.8. The lowest BCUT2D eigenvalue weighted by molar-refractivity contribution is 0.471. The molecule has 0 heterocycles. The van der Waals surface area contributed by atoms with E-state index in [2.05, 4.69) is 20.5 Å². The van der Waals surface area contributed by atoms with Crippen LogP contribution < -0.4 is 0 Å². The molecule has 0 aliphatic rings. The predicted molar refractivity (Wildman–Crippen MR) is 146 cm³/mol. The lowest BCUT2D eigenvalue weighted by Gasteiger charge is -2.10. The van der Waals surface area contributed by atoms with Gasteiger partial charge in [-0.15, -0.1) is 10.2 Å². The molecule has 4 rings (SSSR count). The van der Waals surface area contributed by atoms with Crippen molar-refractivity contribution in [3.05, 3.63) is 66.7 Å². The zero-order chi connectivity index (χ0) is 32.0. The minimum atomic E-state index is -5.16. The molecule has 4 aromatic rings. The molecule has 226 valence electrons. The van der Waals surface area contributed by atoms with E-state index in [1.807, 2.05) is 0 Å². The summed E-state index contributed by atoms with van der Waals surface area (Å²) < 4.78 is 131. The van der Waals surface area contributed by atoms with Crippen LogP contribution in [0.2, 0.25) is 0 Å². The number of phenols is 1. The summed E-state index contributed by atoms with van der Waals surface area (Å²) in [5, 5.41) is 25.0. The molecule has 4 aromatic carbocycles. The number of nitrogens with zero attached hydrogens (tertiary/aromatic N) is 4. The molecule has 0 amide bonds. The molecule has 0 radical (unpaired) electrons. The molecule has 5 N–H and O–H groups in total. The van der Waals surface area contributed by atoms with Gasteiger partial charge in [0.2, 0.25) is 0 Å². The minimum absolute atomic E-state index is 0.0952. The molecular formula is C22H16N4O13S4. The third-order valence-corrected chi connectivity index (χ3v) is 8.96. The highest BCUT2D eigenvalue weighted by Crippen LogP contribution is 2.42. The summed E-state index contributed by atoms with van der Waals surface area (Å²) >= 11 is 0. The van der Waals surface area contributed by atoms with Crippen molar-refractivity contribution < 1.29 is 57.0 Å². The van der Waals surface area contributed by atoms with Crippen LogP contribution in [0, 0.1) is 0 Å². The lowest BCUT2D eigenvalue weighted by Crippen LogP contribution is -2.01. The zero-order valence-corrected chi connectivity index (χ0v) is 24.0. The third kappa shape index (κ3) is 7.23. The van der Waals surface area contributed by atoms with Crippen molar-refractivity contribution in [1.82, 2.24) is 0 Å². The second-order valence-corrected chi connectivity index (χ2v) is 14.0. The van der Waals surface area contributed by atoms with E-state index in [1.54, 1.807) is 0 Å². The molecule has 0 aliphatic carbocycles. The van der Waals surface area contributed by atoms with Crippen LogP contribution in [0.15, 0.2) is 107 Å². The quantitative estimate of drug-likeness (QED) is 0.129. The monoisotopic (exact) mass is 672 g/mol. The summed E-state index contributed by atoms with van der Waals surface area (Å²) in [5.41, 5.74) is -1.53. The molecule has 0 spiro atoms. The molecule has 17 nitrogen and oxygen atoms in total. The van der Waals surface area contributed by atoms with E-state index in [0.717, 1.165) is 54.6 Å². The Morgan fingerprint density at radius 1 is 0.488 bits per heavy atom. The van der Waals surface area contributed by atoms with Crippen molar-refractivity contribution in [2.45, 2.75) is 19.6 Å². The van der Waals surface area contributed by atoms with E-state index >= 15 is 0 Å². The predicted octanol–water partition coefficient (Wildman–Crippen LogP) is 4.36. The van der Waals surface area contributed by atoms with Crippen LogP contribution in [0.1, 0.15) is 0 Å². The topological polar surface area (TPSA) is 287 Å². The summed E-state index contributed by atoms with van der Waals surface area (Å²) in [4.78, 5) is -3.01. The van der Waals surface area contributed by atoms with Crippen LogP contribution in [0.5, 0.6) is 5.75 Å². The van der Waals surface area contributed by atoms with E-state index in [-0.39, 0.29) is 22.1 Å². The first-order chi connectivity index (χ1) is 19.7. The maximum atomic E-state index is 12.1. The Bertz CT molecular complexity index is 2290. The van der Waals surface area contributed by atoms with Crippen molar-refractivity contribution in [3.8, 4) is 5.75 Å². The smallest absolute Gasteiger partial charge is 0.296 e. The second kappa shape index (κ2) is 11.1. The fourth-order valence-electron chi connectivity index (χ4n) is 3.54. The Hall–Kier alpha value is -4.22.